The molecule has 1 aliphatic rings. The Morgan fingerprint density at radius 2 is 1.64 bits per heavy atom. The highest BCUT2D eigenvalue weighted by atomic mass is 16.6. The lowest BCUT2D eigenvalue weighted by molar-refractivity contribution is -0.143. The van der Waals surface area contributed by atoms with E-state index in [0.29, 0.717) is 13.0 Å². The number of nitrogens with one attached hydrogen (secondary N) is 2. The second-order valence-corrected chi connectivity index (χ2v) is 12.4. The highest BCUT2D eigenvalue weighted by Gasteiger charge is 2.37. The van der Waals surface area contributed by atoms with Crippen molar-refractivity contribution in [3.8, 4) is 0 Å². The molecule has 2 atom stereocenters. The zero-order valence-corrected chi connectivity index (χ0v) is 25.5. The van der Waals surface area contributed by atoms with Crippen LogP contribution in [0.25, 0.3) is 0 Å². The quantitative estimate of drug-likeness (QED) is 0.271. The first-order valence-corrected chi connectivity index (χ1v) is 15.1. The molecule has 3 amide bonds. The minimum atomic E-state index is -0.790. The first-order valence-electron chi connectivity index (χ1n) is 15.1. The Kier molecular flexibility index (Phi) is 13.3. The number of amides is 3. The summed E-state index contributed by atoms with van der Waals surface area (Å²) >= 11 is 0. The summed E-state index contributed by atoms with van der Waals surface area (Å²) in [6.45, 7) is 14.1. The monoisotopic (exact) mass is 543 g/mol. The van der Waals surface area contributed by atoms with Crippen LogP contribution in [0, 0.1) is 5.92 Å². The summed E-state index contributed by atoms with van der Waals surface area (Å²) in [4.78, 5) is 42.7. The van der Waals surface area contributed by atoms with Crippen molar-refractivity contribution in [2.75, 3.05) is 6.54 Å². The van der Waals surface area contributed by atoms with Gasteiger partial charge in [-0.2, -0.15) is 0 Å². The maximum Gasteiger partial charge on any atom is 0.408 e. The molecule has 2 unspecified atom stereocenters. The third kappa shape index (κ3) is 11.2. The number of aryl methyl sites for hydroxylation is 1. The first-order chi connectivity index (χ1) is 18.4. The summed E-state index contributed by atoms with van der Waals surface area (Å²) in [6.07, 6.45) is 8.80. The summed E-state index contributed by atoms with van der Waals surface area (Å²) in [5, 5.41) is 6.11. The van der Waals surface area contributed by atoms with Gasteiger partial charge in [-0.1, -0.05) is 84.1 Å². The van der Waals surface area contributed by atoms with Crippen LogP contribution in [0.4, 0.5) is 4.79 Å². The van der Waals surface area contributed by atoms with Crippen molar-refractivity contribution in [3.63, 3.8) is 0 Å². The molecule has 0 saturated heterocycles. The van der Waals surface area contributed by atoms with Crippen molar-refractivity contribution in [3.05, 3.63) is 35.4 Å². The molecule has 1 aliphatic carbocycles. The lowest BCUT2D eigenvalue weighted by Crippen LogP contribution is -2.54. The van der Waals surface area contributed by atoms with Crippen molar-refractivity contribution >= 4 is 17.9 Å². The lowest BCUT2D eigenvalue weighted by atomic mass is 9.94. The molecule has 2 rings (SSSR count). The average molecular weight is 544 g/mol. The molecule has 7 heteroatoms. The molecule has 0 aliphatic heterocycles. The van der Waals surface area contributed by atoms with E-state index in [4.69, 9.17) is 4.74 Å². The third-order valence-corrected chi connectivity index (χ3v) is 7.20. The van der Waals surface area contributed by atoms with Gasteiger partial charge >= 0.3 is 6.09 Å². The van der Waals surface area contributed by atoms with Crippen LogP contribution in [0.3, 0.4) is 0 Å². The van der Waals surface area contributed by atoms with E-state index in [9.17, 15) is 14.4 Å². The van der Waals surface area contributed by atoms with Gasteiger partial charge in [0.1, 0.15) is 17.7 Å². The van der Waals surface area contributed by atoms with Crippen LogP contribution in [-0.2, 0) is 20.7 Å². The fourth-order valence-corrected chi connectivity index (χ4v) is 5.18. The second kappa shape index (κ2) is 15.9. The number of ether oxygens (including phenoxy) is 1. The average Bonchev–Trinajstić information content (AvgIpc) is 2.87. The number of rotatable bonds is 13. The molecule has 39 heavy (non-hydrogen) atoms. The van der Waals surface area contributed by atoms with Crippen LogP contribution in [0.2, 0.25) is 0 Å². The summed E-state index contributed by atoms with van der Waals surface area (Å²) in [6, 6.07) is 6.59. The molecule has 0 heterocycles. The highest BCUT2D eigenvalue weighted by molar-refractivity contribution is 5.92. The maximum absolute atomic E-state index is 14.3. The summed E-state index contributed by atoms with van der Waals surface area (Å²) in [7, 11) is 0. The molecule has 0 aromatic heterocycles. The Balaban J connectivity index is 2.47. The van der Waals surface area contributed by atoms with E-state index < -0.39 is 23.8 Å². The van der Waals surface area contributed by atoms with E-state index in [1.807, 2.05) is 38.1 Å². The zero-order chi connectivity index (χ0) is 29.0. The van der Waals surface area contributed by atoms with E-state index in [-0.39, 0.29) is 23.8 Å². The van der Waals surface area contributed by atoms with E-state index in [1.54, 1.807) is 25.7 Å². The molecule has 0 spiro atoms. The van der Waals surface area contributed by atoms with Crippen molar-refractivity contribution < 1.29 is 19.1 Å². The number of nitrogens with zero attached hydrogens (tertiary/aromatic N) is 1. The van der Waals surface area contributed by atoms with Gasteiger partial charge in [-0.15, -0.1) is 0 Å². The van der Waals surface area contributed by atoms with Gasteiger partial charge in [0.05, 0.1) is 0 Å². The van der Waals surface area contributed by atoms with Gasteiger partial charge in [0.25, 0.3) is 0 Å². The predicted octanol–water partition coefficient (Wildman–Crippen LogP) is 6.70. The molecule has 7 nitrogen and oxygen atoms in total. The summed E-state index contributed by atoms with van der Waals surface area (Å²) < 4.78 is 5.50. The van der Waals surface area contributed by atoms with Crippen LogP contribution in [0.15, 0.2) is 24.3 Å². The van der Waals surface area contributed by atoms with Gasteiger partial charge in [-0.25, -0.2) is 4.79 Å². The molecule has 1 saturated carbocycles. The number of carbonyl (C=O) groups excluding carboxylic acids is 3. The molecule has 1 aromatic rings. The Morgan fingerprint density at radius 3 is 2.18 bits per heavy atom. The largest absolute Gasteiger partial charge is 0.444 e. The van der Waals surface area contributed by atoms with Crippen molar-refractivity contribution in [2.45, 2.75) is 136 Å². The molecular formula is C32H53N3O4. The smallest absolute Gasteiger partial charge is 0.408 e. The zero-order valence-electron chi connectivity index (χ0n) is 25.5. The predicted molar refractivity (Wildman–Crippen MR) is 157 cm³/mol. The third-order valence-electron chi connectivity index (χ3n) is 7.20. The summed E-state index contributed by atoms with van der Waals surface area (Å²) in [5.74, 6) is -0.227. The maximum atomic E-state index is 14.3. The summed E-state index contributed by atoms with van der Waals surface area (Å²) in [5.41, 5.74) is 1.30. The number of alkyl carbamates (subject to hydrolysis) is 1. The number of carbonyl (C=O) groups is 3. The molecule has 1 fully saturated rings. The van der Waals surface area contributed by atoms with Crippen LogP contribution in [0.5, 0.6) is 0 Å². The van der Waals surface area contributed by atoms with Gasteiger partial charge in [0, 0.05) is 12.6 Å². The number of unbranched alkanes of at least 4 members (excludes halogenated alkanes) is 2. The molecule has 0 radical (unpaired) electrons. The highest BCUT2D eigenvalue weighted by Crippen LogP contribution is 2.27. The van der Waals surface area contributed by atoms with Crippen LogP contribution in [-0.4, -0.2) is 47.0 Å². The van der Waals surface area contributed by atoms with Crippen LogP contribution in [0.1, 0.15) is 123 Å². The normalized spacial score (nSPS) is 15.9. The Hall–Kier alpha value is -2.57. The van der Waals surface area contributed by atoms with Crippen LogP contribution < -0.4 is 10.6 Å². The number of benzene rings is 1. The van der Waals surface area contributed by atoms with Gasteiger partial charge in [-0.05, 0) is 69.9 Å². The lowest BCUT2D eigenvalue weighted by Gasteiger charge is -2.36. The first kappa shape index (κ1) is 32.6. The molecule has 2 N–H and O–H groups in total. The standard InChI is InChI=1S/C32H53N3O4/c1-8-10-14-21-35(30(37)27(22-23(3)4)34-31(38)39-32(5,6)7)28(25-19-17-24(9-2)18-20-25)29(36)33-26-15-12-11-13-16-26/h17-20,23,26-28H,8-16,21-22H2,1-7H3,(H,33,36)(H,34,38). The van der Waals surface area contributed by atoms with E-state index >= 15 is 0 Å². The fraction of sp³-hybridized carbons (Fsp3) is 0.719. The molecule has 220 valence electrons. The minimum Gasteiger partial charge on any atom is -0.444 e. The van der Waals surface area contributed by atoms with Crippen molar-refractivity contribution in [2.24, 2.45) is 5.92 Å². The van der Waals surface area contributed by atoms with Gasteiger partial charge in [0.2, 0.25) is 11.8 Å². The molecule has 0 bridgehead atoms. The van der Waals surface area contributed by atoms with Crippen molar-refractivity contribution in [1.82, 2.24) is 15.5 Å². The van der Waals surface area contributed by atoms with Crippen molar-refractivity contribution in [1.29, 1.82) is 0 Å². The Morgan fingerprint density at radius 1 is 1.00 bits per heavy atom. The van der Waals surface area contributed by atoms with E-state index in [1.165, 1.54) is 12.0 Å². The topological polar surface area (TPSA) is 87.7 Å². The number of hydrogen-bond acceptors (Lipinski definition) is 4. The van der Waals surface area contributed by atoms with Crippen LogP contribution >= 0.6 is 0 Å². The molecular weight excluding hydrogens is 490 g/mol. The fourth-order valence-electron chi connectivity index (χ4n) is 5.18. The Labute approximate surface area is 236 Å². The van der Waals surface area contributed by atoms with Gasteiger partial charge in [0.15, 0.2) is 0 Å². The molecule has 1 aromatic carbocycles. The Bertz CT molecular complexity index is 901. The van der Waals surface area contributed by atoms with E-state index in [2.05, 4.69) is 24.5 Å². The SMILES string of the molecule is CCCCCN(C(=O)C(CC(C)C)NC(=O)OC(C)(C)C)C(C(=O)NC1CCCCC1)c1ccc(CC)cc1. The van der Waals surface area contributed by atoms with Gasteiger partial charge < -0.3 is 20.3 Å². The van der Waals surface area contributed by atoms with E-state index in [0.717, 1.165) is 56.9 Å². The number of hydrogen-bond donors (Lipinski definition) is 2. The second-order valence-electron chi connectivity index (χ2n) is 12.4. The minimum absolute atomic E-state index is 0.127. The van der Waals surface area contributed by atoms with Gasteiger partial charge in [-0.3, -0.25) is 9.59 Å².